The summed E-state index contributed by atoms with van der Waals surface area (Å²) < 4.78 is 0. The Hall–Kier alpha value is -0.383. The highest BCUT2D eigenvalue weighted by atomic mass is 35.5. The third-order valence-corrected chi connectivity index (χ3v) is 3.83. The fourth-order valence-electron chi connectivity index (χ4n) is 1.09. The number of nitrogens with one attached hydrogen (secondary N) is 1. The fraction of sp³-hybridized carbons (Fsp3) is 0.364. The van der Waals surface area contributed by atoms with E-state index < -0.39 is 8.07 Å². The molecule has 0 fully saturated rings. The molecular weight excluding hydrogens is 242 g/mol. The second kappa shape index (κ2) is 5.10. The minimum absolute atomic E-state index is 0.713. The molecule has 0 heterocycles. The van der Waals surface area contributed by atoms with Crippen LogP contribution in [-0.4, -0.2) is 19.2 Å². The van der Waals surface area contributed by atoms with E-state index in [1.54, 1.807) is 0 Å². The second-order valence-corrected chi connectivity index (χ2v) is 11.0. The molecule has 4 heteroatoms. The monoisotopic (exact) mass is 257 g/mol. The van der Waals surface area contributed by atoms with Crippen LogP contribution in [-0.2, 0) is 0 Å². The first-order chi connectivity index (χ1) is 6.90. The summed E-state index contributed by atoms with van der Waals surface area (Å²) in [5.41, 5.74) is 0.924. The van der Waals surface area contributed by atoms with E-state index >= 15 is 0 Å². The van der Waals surface area contributed by atoms with E-state index in [0.717, 1.165) is 16.7 Å². The summed E-state index contributed by atoms with van der Waals surface area (Å²) in [6, 6.07) is 7.66. The first-order valence-corrected chi connectivity index (χ1v) is 9.42. The molecule has 82 valence electrons. The van der Waals surface area contributed by atoms with E-state index in [0.29, 0.717) is 5.02 Å². The van der Waals surface area contributed by atoms with Crippen molar-refractivity contribution < 1.29 is 0 Å². The van der Waals surface area contributed by atoms with Crippen LogP contribution in [0.3, 0.4) is 0 Å². The Morgan fingerprint density at radius 1 is 1.33 bits per heavy atom. The second-order valence-electron chi connectivity index (χ2n) is 4.72. The molecule has 0 aliphatic heterocycles. The van der Waals surface area contributed by atoms with Gasteiger partial charge in [0.15, 0.2) is 0 Å². The van der Waals surface area contributed by atoms with Gasteiger partial charge in [0.05, 0.1) is 13.1 Å². The summed E-state index contributed by atoms with van der Waals surface area (Å²) in [7, 11) is -1.11. The fourth-order valence-corrected chi connectivity index (χ4v) is 2.46. The largest absolute Gasteiger partial charge is 0.379 e. The maximum atomic E-state index is 6.05. The average molecular weight is 258 g/mol. The maximum Gasteiger partial charge on any atom is 0.107 e. The first kappa shape index (κ1) is 12.7. The molecule has 0 amide bonds. The number of benzene rings is 1. The molecule has 0 saturated carbocycles. The van der Waals surface area contributed by atoms with E-state index in [2.05, 4.69) is 25.0 Å². The molecule has 0 radical (unpaired) electrons. The Bertz CT molecular complexity index is 360. The van der Waals surface area contributed by atoms with E-state index in [9.17, 15) is 0 Å². The summed E-state index contributed by atoms with van der Waals surface area (Å²) >= 11 is 11.4. The number of hydrogen-bond donors (Lipinski definition) is 1. The van der Waals surface area contributed by atoms with Crippen LogP contribution in [0.5, 0.6) is 0 Å². The third-order valence-electron chi connectivity index (χ3n) is 1.90. The molecule has 0 aliphatic carbocycles. The van der Waals surface area contributed by atoms with Crippen molar-refractivity contribution in [3.05, 3.63) is 34.9 Å². The standard InChI is InChI=1S/C11H16ClNSSi/c1-15(2,3)8-13-11(14)9-6-4-5-7-10(9)12/h4-7H,8H2,1-3H3,(H,13,14). The zero-order valence-corrected chi connectivity index (χ0v) is 11.9. The average Bonchev–Trinajstić information content (AvgIpc) is 2.14. The number of halogens is 1. The maximum absolute atomic E-state index is 6.05. The van der Waals surface area contributed by atoms with E-state index in [4.69, 9.17) is 23.8 Å². The molecule has 1 nitrogen and oxygen atoms in total. The SMILES string of the molecule is C[Si](C)(C)CNC(=S)c1ccccc1Cl. The van der Waals surface area contributed by atoms with Gasteiger partial charge >= 0.3 is 0 Å². The van der Waals surface area contributed by atoms with Crippen molar-refractivity contribution in [2.45, 2.75) is 19.6 Å². The topological polar surface area (TPSA) is 12.0 Å². The third kappa shape index (κ3) is 4.32. The van der Waals surface area contributed by atoms with Crippen molar-refractivity contribution in [2.75, 3.05) is 6.17 Å². The summed E-state index contributed by atoms with van der Waals surface area (Å²) in [5, 5.41) is 4.00. The Kier molecular flexibility index (Phi) is 4.31. The van der Waals surface area contributed by atoms with Crippen LogP contribution in [0.15, 0.2) is 24.3 Å². The lowest BCUT2D eigenvalue weighted by molar-refractivity contribution is 1.10. The molecule has 0 saturated heterocycles. The first-order valence-electron chi connectivity index (χ1n) is 4.93. The molecule has 1 rings (SSSR count). The zero-order valence-electron chi connectivity index (χ0n) is 9.30. The highest BCUT2D eigenvalue weighted by Crippen LogP contribution is 2.15. The summed E-state index contributed by atoms with van der Waals surface area (Å²) in [6.45, 7) is 6.90. The van der Waals surface area contributed by atoms with Crippen molar-refractivity contribution >= 4 is 36.9 Å². The summed E-state index contributed by atoms with van der Waals surface area (Å²) in [4.78, 5) is 0.753. The molecule has 0 aromatic heterocycles. The van der Waals surface area contributed by atoms with E-state index in [1.807, 2.05) is 24.3 Å². The van der Waals surface area contributed by atoms with Crippen molar-refractivity contribution in [3.8, 4) is 0 Å². The van der Waals surface area contributed by atoms with Gasteiger partial charge in [-0.3, -0.25) is 0 Å². The van der Waals surface area contributed by atoms with Gasteiger partial charge in [-0.2, -0.15) is 0 Å². The van der Waals surface area contributed by atoms with Crippen LogP contribution in [0, 0.1) is 0 Å². The van der Waals surface area contributed by atoms with Gasteiger partial charge in [0.25, 0.3) is 0 Å². The highest BCUT2D eigenvalue weighted by Gasteiger charge is 2.14. The normalized spacial score (nSPS) is 11.2. The molecule has 1 aromatic rings. The molecular formula is C11H16ClNSSi. The van der Waals surface area contributed by atoms with Gasteiger partial charge in [0, 0.05) is 11.7 Å². The van der Waals surface area contributed by atoms with E-state index in [1.165, 1.54) is 0 Å². The van der Waals surface area contributed by atoms with Gasteiger partial charge in [-0.25, -0.2) is 0 Å². The van der Waals surface area contributed by atoms with Gasteiger partial charge in [0.1, 0.15) is 4.99 Å². The van der Waals surface area contributed by atoms with Crippen LogP contribution in [0.4, 0.5) is 0 Å². The van der Waals surface area contributed by atoms with Crippen LogP contribution in [0.2, 0.25) is 24.7 Å². The lowest BCUT2D eigenvalue weighted by Crippen LogP contribution is -2.39. The molecule has 0 bridgehead atoms. The predicted molar refractivity (Wildman–Crippen MR) is 74.5 cm³/mol. The molecule has 0 unspecified atom stereocenters. The molecule has 1 aromatic carbocycles. The smallest absolute Gasteiger partial charge is 0.107 e. The van der Waals surface area contributed by atoms with Crippen molar-refractivity contribution in [1.82, 2.24) is 5.32 Å². The van der Waals surface area contributed by atoms with Crippen molar-refractivity contribution in [2.24, 2.45) is 0 Å². The Labute approximate surface area is 103 Å². The summed E-state index contributed by atoms with van der Waals surface area (Å²) in [5.74, 6) is 0. The number of rotatable bonds is 3. The molecule has 1 N–H and O–H groups in total. The van der Waals surface area contributed by atoms with Crippen LogP contribution < -0.4 is 5.32 Å². The summed E-state index contributed by atoms with van der Waals surface area (Å²) in [6.07, 6.45) is 0.983. The van der Waals surface area contributed by atoms with E-state index in [-0.39, 0.29) is 0 Å². The zero-order chi connectivity index (χ0) is 11.5. The van der Waals surface area contributed by atoms with Crippen molar-refractivity contribution in [1.29, 1.82) is 0 Å². The van der Waals surface area contributed by atoms with Crippen LogP contribution in [0.1, 0.15) is 5.56 Å². The predicted octanol–water partition coefficient (Wildman–Crippen LogP) is 3.48. The quantitative estimate of drug-likeness (QED) is 0.657. The molecule has 15 heavy (non-hydrogen) atoms. The number of hydrogen-bond acceptors (Lipinski definition) is 1. The van der Waals surface area contributed by atoms with Gasteiger partial charge in [-0.05, 0) is 6.07 Å². The van der Waals surface area contributed by atoms with Crippen LogP contribution in [0.25, 0.3) is 0 Å². The lowest BCUT2D eigenvalue weighted by Gasteiger charge is -2.18. The lowest BCUT2D eigenvalue weighted by atomic mass is 10.2. The molecule has 0 atom stereocenters. The van der Waals surface area contributed by atoms with Gasteiger partial charge < -0.3 is 5.32 Å². The number of thiocarbonyl (C=S) groups is 1. The Balaban J connectivity index is 2.66. The molecule has 0 aliphatic rings. The Morgan fingerprint density at radius 2 is 1.93 bits per heavy atom. The molecule has 0 spiro atoms. The van der Waals surface area contributed by atoms with Gasteiger partial charge in [0.2, 0.25) is 0 Å². The van der Waals surface area contributed by atoms with Gasteiger partial charge in [-0.1, -0.05) is 61.7 Å². The minimum atomic E-state index is -1.11. The highest BCUT2D eigenvalue weighted by molar-refractivity contribution is 7.80. The Morgan fingerprint density at radius 3 is 2.47 bits per heavy atom. The minimum Gasteiger partial charge on any atom is -0.379 e. The van der Waals surface area contributed by atoms with Crippen molar-refractivity contribution in [3.63, 3.8) is 0 Å². The van der Waals surface area contributed by atoms with Crippen LogP contribution >= 0.6 is 23.8 Å². The van der Waals surface area contributed by atoms with Gasteiger partial charge in [-0.15, -0.1) is 0 Å².